The zero-order chi connectivity index (χ0) is 13.1. The molecule has 1 atom stereocenters. The van der Waals surface area contributed by atoms with Gasteiger partial charge in [0.2, 0.25) is 5.91 Å². The third-order valence-electron chi connectivity index (χ3n) is 3.19. The standard InChI is InChI=1S/C12H15N5O2/c18-12(8-16-5-1-3-14-16)17-6-7-19-9-11(17)10-2-4-13-15-10/h1-5,11H,6-9H2,(H,13,15)/t11-/m0/s1. The summed E-state index contributed by atoms with van der Waals surface area (Å²) < 4.78 is 7.08. The molecule has 0 aliphatic carbocycles. The highest BCUT2D eigenvalue weighted by molar-refractivity contribution is 5.76. The van der Waals surface area contributed by atoms with Gasteiger partial charge in [0.15, 0.2) is 0 Å². The molecule has 0 bridgehead atoms. The number of hydrogen-bond donors (Lipinski definition) is 1. The van der Waals surface area contributed by atoms with Crippen molar-refractivity contribution in [2.45, 2.75) is 12.6 Å². The Morgan fingerprint density at radius 3 is 3.21 bits per heavy atom. The minimum atomic E-state index is -0.0979. The zero-order valence-electron chi connectivity index (χ0n) is 10.4. The number of aromatic amines is 1. The van der Waals surface area contributed by atoms with Gasteiger partial charge in [-0.05, 0) is 12.1 Å². The van der Waals surface area contributed by atoms with E-state index in [9.17, 15) is 4.79 Å². The van der Waals surface area contributed by atoms with Gasteiger partial charge in [-0.1, -0.05) is 0 Å². The molecule has 0 aromatic carbocycles. The van der Waals surface area contributed by atoms with Crippen LogP contribution in [0.25, 0.3) is 0 Å². The molecule has 100 valence electrons. The largest absolute Gasteiger partial charge is 0.377 e. The predicted octanol–water partition coefficient (Wildman–Crippen LogP) is 0.206. The Morgan fingerprint density at radius 1 is 1.53 bits per heavy atom. The number of H-pyrrole nitrogens is 1. The van der Waals surface area contributed by atoms with Crippen LogP contribution in [0.3, 0.4) is 0 Å². The van der Waals surface area contributed by atoms with E-state index >= 15 is 0 Å². The molecule has 3 rings (SSSR count). The Balaban J connectivity index is 1.75. The van der Waals surface area contributed by atoms with Gasteiger partial charge in [-0.2, -0.15) is 10.2 Å². The number of morpholine rings is 1. The molecule has 1 amide bonds. The van der Waals surface area contributed by atoms with Gasteiger partial charge in [0.05, 0.1) is 24.9 Å². The number of carbonyl (C=O) groups is 1. The Labute approximate surface area is 110 Å². The summed E-state index contributed by atoms with van der Waals surface area (Å²) in [5, 5.41) is 10.9. The average Bonchev–Trinajstić information content (AvgIpc) is 3.11. The summed E-state index contributed by atoms with van der Waals surface area (Å²) in [5.74, 6) is 0.0339. The summed E-state index contributed by atoms with van der Waals surface area (Å²) in [5.41, 5.74) is 0.897. The minimum Gasteiger partial charge on any atom is -0.377 e. The Kier molecular flexibility index (Phi) is 3.28. The van der Waals surface area contributed by atoms with Gasteiger partial charge in [-0.25, -0.2) is 0 Å². The molecule has 0 radical (unpaired) electrons. The molecule has 1 aliphatic rings. The molecule has 1 aliphatic heterocycles. The number of nitrogens with zero attached hydrogens (tertiary/aromatic N) is 4. The highest BCUT2D eigenvalue weighted by Gasteiger charge is 2.29. The summed E-state index contributed by atoms with van der Waals surface area (Å²) in [7, 11) is 0. The molecular formula is C12H15N5O2. The number of nitrogens with one attached hydrogen (secondary N) is 1. The normalized spacial score (nSPS) is 19.6. The average molecular weight is 261 g/mol. The minimum absolute atomic E-state index is 0.0339. The van der Waals surface area contributed by atoms with Crippen LogP contribution in [0.2, 0.25) is 0 Å². The molecule has 3 heterocycles. The molecule has 0 unspecified atom stereocenters. The van der Waals surface area contributed by atoms with Crippen LogP contribution in [-0.2, 0) is 16.1 Å². The van der Waals surface area contributed by atoms with Crippen LogP contribution < -0.4 is 0 Å². The lowest BCUT2D eigenvalue weighted by molar-refractivity contribution is -0.141. The molecule has 2 aromatic heterocycles. The molecule has 0 spiro atoms. The molecule has 2 aromatic rings. The second-order valence-corrected chi connectivity index (χ2v) is 4.39. The van der Waals surface area contributed by atoms with Crippen LogP contribution in [0.15, 0.2) is 30.7 Å². The molecule has 19 heavy (non-hydrogen) atoms. The SMILES string of the molecule is O=C(Cn1cccn1)N1CCOC[C@H]1c1ccn[nH]1. The fourth-order valence-corrected chi connectivity index (χ4v) is 2.24. The van der Waals surface area contributed by atoms with E-state index in [1.807, 2.05) is 11.0 Å². The Hall–Kier alpha value is -2.15. The van der Waals surface area contributed by atoms with Crippen molar-refractivity contribution in [1.82, 2.24) is 24.9 Å². The number of rotatable bonds is 3. The van der Waals surface area contributed by atoms with Crippen molar-refractivity contribution in [2.75, 3.05) is 19.8 Å². The fourth-order valence-electron chi connectivity index (χ4n) is 2.24. The van der Waals surface area contributed by atoms with Crippen molar-refractivity contribution in [3.8, 4) is 0 Å². The first-order valence-corrected chi connectivity index (χ1v) is 6.18. The van der Waals surface area contributed by atoms with Crippen LogP contribution in [0, 0.1) is 0 Å². The van der Waals surface area contributed by atoms with E-state index in [0.717, 1.165) is 5.69 Å². The number of hydrogen-bond acceptors (Lipinski definition) is 4. The van der Waals surface area contributed by atoms with Gasteiger partial charge >= 0.3 is 0 Å². The van der Waals surface area contributed by atoms with Gasteiger partial charge in [0, 0.05) is 25.1 Å². The van der Waals surface area contributed by atoms with E-state index in [2.05, 4.69) is 15.3 Å². The summed E-state index contributed by atoms with van der Waals surface area (Å²) >= 11 is 0. The van der Waals surface area contributed by atoms with Crippen LogP contribution in [-0.4, -0.2) is 50.5 Å². The zero-order valence-corrected chi connectivity index (χ0v) is 10.4. The number of amides is 1. The predicted molar refractivity (Wildman–Crippen MR) is 66.1 cm³/mol. The molecule has 0 saturated carbocycles. The number of aromatic nitrogens is 4. The summed E-state index contributed by atoms with van der Waals surface area (Å²) in [6.07, 6.45) is 5.13. The quantitative estimate of drug-likeness (QED) is 0.856. The van der Waals surface area contributed by atoms with Crippen LogP contribution >= 0.6 is 0 Å². The molecule has 1 saturated heterocycles. The topological polar surface area (TPSA) is 76.0 Å². The first-order chi connectivity index (χ1) is 9.34. The van der Waals surface area contributed by atoms with Crippen LogP contribution in [0.5, 0.6) is 0 Å². The monoisotopic (exact) mass is 261 g/mol. The van der Waals surface area contributed by atoms with Crippen LogP contribution in [0.1, 0.15) is 11.7 Å². The molecule has 7 heteroatoms. The molecule has 1 N–H and O–H groups in total. The van der Waals surface area contributed by atoms with Crippen molar-refractivity contribution in [1.29, 1.82) is 0 Å². The second-order valence-electron chi connectivity index (χ2n) is 4.39. The van der Waals surface area contributed by atoms with Crippen molar-refractivity contribution in [2.24, 2.45) is 0 Å². The maximum Gasteiger partial charge on any atom is 0.245 e. The van der Waals surface area contributed by atoms with E-state index in [4.69, 9.17) is 4.74 Å². The number of ether oxygens (including phenoxy) is 1. The van der Waals surface area contributed by atoms with Crippen molar-refractivity contribution in [3.05, 3.63) is 36.4 Å². The maximum absolute atomic E-state index is 12.3. The maximum atomic E-state index is 12.3. The van der Waals surface area contributed by atoms with Gasteiger partial charge < -0.3 is 9.64 Å². The lowest BCUT2D eigenvalue weighted by atomic mass is 10.1. The fraction of sp³-hybridized carbons (Fsp3) is 0.417. The first kappa shape index (κ1) is 11.9. The van der Waals surface area contributed by atoms with E-state index in [0.29, 0.717) is 19.8 Å². The summed E-state index contributed by atoms with van der Waals surface area (Å²) in [4.78, 5) is 14.2. The summed E-state index contributed by atoms with van der Waals surface area (Å²) in [6, 6.07) is 3.58. The highest BCUT2D eigenvalue weighted by Crippen LogP contribution is 2.22. The lowest BCUT2D eigenvalue weighted by Gasteiger charge is -2.34. The third kappa shape index (κ3) is 2.50. The van der Waals surface area contributed by atoms with E-state index in [1.165, 1.54) is 0 Å². The van der Waals surface area contributed by atoms with E-state index < -0.39 is 0 Å². The van der Waals surface area contributed by atoms with Crippen molar-refractivity contribution < 1.29 is 9.53 Å². The summed E-state index contributed by atoms with van der Waals surface area (Å²) in [6.45, 7) is 1.89. The smallest absolute Gasteiger partial charge is 0.245 e. The van der Waals surface area contributed by atoms with Crippen molar-refractivity contribution >= 4 is 5.91 Å². The molecular weight excluding hydrogens is 246 g/mol. The number of carbonyl (C=O) groups excluding carboxylic acids is 1. The highest BCUT2D eigenvalue weighted by atomic mass is 16.5. The molecule has 1 fully saturated rings. The van der Waals surface area contributed by atoms with E-state index in [1.54, 1.807) is 29.3 Å². The lowest BCUT2D eigenvalue weighted by Crippen LogP contribution is -2.45. The Bertz CT molecular complexity index is 522. The Morgan fingerprint density at radius 2 is 2.47 bits per heavy atom. The van der Waals surface area contributed by atoms with Gasteiger partial charge in [0.1, 0.15) is 6.54 Å². The van der Waals surface area contributed by atoms with Crippen molar-refractivity contribution in [3.63, 3.8) is 0 Å². The van der Waals surface area contributed by atoms with Crippen LogP contribution in [0.4, 0.5) is 0 Å². The van der Waals surface area contributed by atoms with E-state index in [-0.39, 0.29) is 18.5 Å². The molecule has 7 nitrogen and oxygen atoms in total. The van der Waals surface area contributed by atoms with Gasteiger partial charge in [-0.3, -0.25) is 14.6 Å². The first-order valence-electron chi connectivity index (χ1n) is 6.18. The third-order valence-corrected chi connectivity index (χ3v) is 3.19. The van der Waals surface area contributed by atoms with Gasteiger partial charge in [-0.15, -0.1) is 0 Å². The van der Waals surface area contributed by atoms with Gasteiger partial charge in [0.25, 0.3) is 0 Å². The second kappa shape index (κ2) is 5.23.